The third-order valence-electron chi connectivity index (χ3n) is 3.46. The SMILES string of the molecule is C=CC(C)(CNCC(C)C)Cc1cc(C)cc(C)c1. The Morgan fingerprint density at radius 2 is 1.79 bits per heavy atom. The fourth-order valence-corrected chi connectivity index (χ4v) is 2.49. The normalized spacial score (nSPS) is 14.4. The summed E-state index contributed by atoms with van der Waals surface area (Å²) in [5, 5.41) is 3.55. The first-order chi connectivity index (χ1) is 8.84. The maximum Gasteiger partial charge on any atom is 0.00431 e. The largest absolute Gasteiger partial charge is 0.316 e. The van der Waals surface area contributed by atoms with Gasteiger partial charge in [0.05, 0.1) is 0 Å². The standard InChI is InChI=1S/C18H29N/c1-7-18(6,13-19-12-14(2)3)11-17-9-15(4)8-16(5)10-17/h7-10,14,19H,1,11-13H2,2-6H3. The smallest absolute Gasteiger partial charge is 0.00431 e. The molecule has 1 nitrogen and oxygen atoms in total. The van der Waals surface area contributed by atoms with Gasteiger partial charge in [0.2, 0.25) is 0 Å². The van der Waals surface area contributed by atoms with Crippen molar-refractivity contribution in [2.45, 2.75) is 41.0 Å². The van der Waals surface area contributed by atoms with Crippen LogP contribution in [0.5, 0.6) is 0 Å². The Balaban J connectivity index is 2.71. The van der Waals surface area contributed by atoms with Crippen LogP contribution in [0.4, 0.5) is 0 Å². The molecule has 0 fully saturated rings. The maximum absolute atomic E-state index is 4.03. The second kappa shape index (κ2) is 6.91. The van der Waals surface area contributed by atoms with Crippen LogP contribution in [-0.4, -0.2) is 13.1 Å². The molecule has 0 aliphatic carbocycles. The van der Waals surface area contributed by atoms with Crippen LogP contribution in [0.25, 0.3) is 0 Å². The maximum atomic E-state index is 4.03. The molecule has 1 N–H and O–H groups in total. The van der Waals surface area contributed by atoms with E-state index in [9.17, 15) is 0 Å². The van der Waals surface area contributed by atoms with Gasteiger partial charge in [-0.2, -0.15) is 0 Å². The number of aryl methyl sites for hydroxylation is 2. The zero-order valence-corrected chi connectivity index (χ0v) is 13.2. The molecule has 0 amide bonds. The van der Waals surface area contributed by atoms with Gasteiger partial charge in [-0.25, -0.2) is 0 Å². The number of nitrogens with one attached hydrogen (secondary N) is 1. The Bertz CT molecular complexity index is 399. The van der Waals surface area contributed by atoms with E-state index >= 15 is 0 Å². The lowest BCUT2D eigenvalue weighted by Crippen LogP contribution is -2.34. The molecular weight excluding hydrogens is 230 g/mol. The van der Waals surface area contributed by atoms with Gasteiger partial charge in [0.15, 0.2) is 0 Å². The van der Waals surface area contributed by atoms with E-state index in [-0.39, 0.29) is 5.41 Å². The summed E-state index contributed by atoms with van der Waals surface area (Å²) in [6.07, 6.45) is 3.14. The summed E-state index contributed by atoms with van der Waals surface area (Å²) in [4.78, 5) is 0. The van der Waals surface area contributed by atoms with Crippen LogP contribution in [0.15, 0.2) is 30.9 Å². The molecule has 0 aliphatic rings. The van der Waals surface area contributed by atoms with Gasteiger partial charge in [-0.1, -0.05) is 56.2 Å². The van der Waals surface area contributed by atoms with Crippen LogP contribution in [0.3, 0.4) is 0 Å². The molecule has 1 atom stereocenters. The monoisotopic (exact) mass is 259 g/mol. The van der Waals surface area contributed by atoms with Crippen molar-refractivity contribution in [3.63, 3.8) is 0 Å². The molecule has 0 aliphatic heterocycles. The van der Waals surface area contributed by atoms with Crippen molar-refractivity contribution in [2.75, 3.05) is 13.1 Å². The quantitative estimate of drug-likeness (QED) is 0.721. The van der Waals surface area contributed by atoms with Crippen LogP contribution in [0.2, 0.25) is 0 Å². The molecule has 1 unspecified atom stereocenters. The van der Waals surface area contributed by atoms with Gasteiger partial charge in [-0.15, -0.1) is 6.58 Å². The Morgan fingerprint density at radius 1 is 1.21 bits per heavy atom. The molecule has 0 heterocycles. The molecule has 0 saturated carbocycles. The number of hydrogen-bond donors (Lipinski definition) is 1. The lowest BCUT2D eigenvalue weighted by Gasteiger charge is -2.27. The highest BCUT2D eigenvalue weighted by Gasteiger charge is 2.20. The van der Waals surface area contributed by atoms with Gasteiger partial charge in [0, 0.05) is 12.0 Å². The number of benzene rings is 1. The lowest BCUT2D eigenvalue weighted by atomic mass is 9.83. The molecule has 1 heteroatoms. The van der Waals surface area contributed by atoms with Crippen molar-refractivity contribution in [3.8, 4) is 0 Å². The van der Waals surface area contributed by atoms with E-state index in [1.54, 1.807) is 0 Å². The first-order valence-corrected chi connectivity index (χ1v) is 7.26. The molecule has 1 aromatic rings. The predicted molar refractivity (Wildman–Crippen MR) is 85.6 cm³/mol. The molecule has 1 aromatic carbocycles. The average molecular weight is 259 g/mol. The van der Waals surface area contributed by atoms with E-state index in [0.717, 1.165) is 19.5 Å². The third kappa shape index (κ3) is 5.61. The highest BCUT2D eigenvalue weighted by molar-refractivity contribution is 5.29. The Labute approximate surface area is 119 Å². The highest BCUT2D eigenvalue weighted by Crippen LogP contribution is 2.24. The van der Waals surface area contributed by atoms with E-state index in [1.165, 1.54) is 16.7 Å². The fourth-order valence-electron chi connectivity index (χ4n) is 2.49. The summed E-state index contributed by atoms with van der Waals surface area (Å²) in [5.74, 6) is 0.690. The summed E-state index contributed by atoms with van der Waals surface area (Å²) in [6, 6.07) is 6.81. The predicted octanol–water partition coefficient (Wildman–Crippen LogP) is 4.28. The molecule has 1 rings (SSSR count). The van der Waals surface area contributed by atoms with Gasteiger partial charge in [0.25, 0.3) is 0 Å². The summed E-state index contributed by atoms with van der Waals surface area (Å²) in [5.41, 5.74) is 4.22. The fraction of sp³-hybridized carbons (Fsp3) is 0.556. The van der Waals surface area contributed by atoms with Crippen LogP contribution in [0.1, 0.15) is 37.5 Å². The topological polar surface area (TPSA) is 12.0 Å². The van der Waals surface area contributed by atoms with Gasteiger partial charge in [-0.05, 0) is 38.3 Å². The number of hydrogen-bond acceptors (Lipinski definition) is 1. The lowest BCUT2D eigenvalue weighted by molar-refractivity contribution is 0.378. The van der Waals surface area contributed by atoms with Crippen LogP contribution in [-0.2, 0) is 6.42 Å². The molecule has 0 saturated heterocycles. The minimum absolute atomic E-state index is 0.120. The second-order valence-electron chi connectivity index (χ2n) is 6.56. The zero-order chi connectivity index (χ0) is 14.5. The van der Waals surface area contributed by atoms with E-state index in [1.807, 2.05) is 0 Å². The molecule has 19 heavy (non-hydrogen) atoms. The van der Waals surface area contributed by atoms with Crippen molar-refractivity contribution in [1.29, 1.82) is 0 Å². The first kappa shape index (κ1) is 16.0. The Morgan fingerprint density at radius 3 is 2.26 bits per heavy atom. The molecular formula is C18H29N. The van der Waals surface area contributed by atoms with Gasteiger partial charge in [-0.3, -0.25) is 0 Å². The van der Waals surface area contributed by atoms with E-state index in [2.05, 4.69) is 70.8 Å². The molecule has 0 aromatic heterocycles. The van der Waals surface area contributed by atoms with Crippen molar-refractivity contribution in [2.24, 2.45) is 11.3 Å². The van der Waals surface area contributed by atoms with Crippen molar-refractivity contribution >= 4 is 0 Å². The van der Waals surface area contributed by atoms with Gasteiger partial charge >= 0.3 is 0 Å². The van der Waals surface area contributed by atoms with Crippen molar-refractivity contribution in [1.82, 2.24) is 5.32 Å². The highest BCUT2D eigenvalue weighted by atomic mass is 14.9. The minimum Gasteiger partial charge on any atom is -0.316 e. The average Bonchev–Trinajstić information content (AvgIpc) is 2.26. The van der Waals surface area contributed by atoms with Crippen LogP contribution in [0, 0.1) is 25.2 Å². The van der Waals surface area contributed by atoms with Crippen molar-refractivity contribution < 1.29 is 0 Å². The van der Waals surface area contributed by atoms with E-state index < -0.39 is 0 Å². The van der Waals surface area contributed by atoms with Gasteiger partial charge in [0.1, 0.15) is 0 Å². The Kier molecular flexibility index (Phi) is 5.81. The zero-order valence-electron chi connectivity index (χ0n) is 13.2. The molecule has 0 radical (unpaired) electrons. The minimum atomic E-state index is 0.120. The van der Waals surface area contributed by atoms with E-state index in [4.69, 9.17) is 0 Å². The Hall–Kier alpha value is -1.08. The van der Waals surface area contributed by atoms with Crippen LogP contribution < -0.4 is 5.32 Å². The van der Waals surface area contributed by atoms with E-state index in [0.29, 0.717) is 5.92 Å². The van der Waals surface area contributed by atoms with Crippen LogP contribution >= 0.6 is 0 Å². The first-order valence-electron chi connectivity index (χ1n) is 7.26. The van der Waals surface area contributed by atoms with Gasteiger partial charge < -0.3 is 5.32 Å². The summed E-state index contributed by atoms with van der Waals surface area (Å²) in [6.45, 7) is 17.2. The summed E-state index contributed by atoms with van der Waals surface area (Å²) in [7, 11) is 0. The second-order valence-corrected chi connectivity index (χ2v) is 6.56. The molecule has 0 bridgehead atoms. The molecule has 106 valence electrons. The van der Waals surface area contributed by atoms with Crippen molar-refractivity contribution in [3.05, 3.63) is 47.5 Å². The molecule has 0 spiro atoms. The number of rotatable bonds is 7. The summed E-state index contributed by atoms with van der Waals surface area (Å²) < 4.78 is 0. The summed E-state index contributed by atoms with van der Waals surface area (Å²) >= 11 is 0. The third-order valence-corrected chi connectivity index (χ3v) is 3.46.